The Hall–Kier alpha value is -3.71. The van der Waals surface area contributed by atoms with Crippen molar-refractivity contribution in [3.05, 3.63) is 66.4 Å². The zero-order valence-electron chi connectivity index (χ0n) is 17.2. The second kappa shape index (κ2) is 8.20. The van der Waals surface area contributed by atoms with E-state index in [1.807, 2.05) is 59.5 Å². The number of ether oxygens (including phenoxy) is 2. The highest BCUT2D eigenvalue weighted by Gasteiger charge is 2.19. The number of rotatable bonds is 4. The van der Waals surface area contributed by atoms with Crippen molar-refractivity contribution in [1.82, 2.24) is 19.9 Å². The van der Waals surface area contributed by atoms with Gasteiger partial charge in [0.05, 0.1) is 25.8 Å². The largest absolute Gasteiger partial charge is 0.497 e. The number of fused-ring (bicyclic) bond motifs is 1. The van der Waals surface area contributed by atoms with E-state index in [1.165, 1.54) is 0 Å². The van der Waals surface area contributed by atoms with Crippen molar-refractivity contribution in [2.75, 3.05) is 33.4 Å². The average molecular weight is 414 g/mol. The fourth-order valence-corrected chi connectivity index (χ4v) is 3.78. The van der Waals surface area contributed by atoms with Crippen LogP contribution in [0.4, 0.5) is 0 Å². The molecule has 1 aliphatic rings. The second-order valence-electron chi connectivity index (χ2n) is 7.35. The third-order valence-corrected chi connectivity index (χ3v) is 5.50. The number of carbonyl (C=O) groups is 1. The SMILES string of the molecule is COc1ccc(-c2ccnc3nc(-c4ccc(C(=O)N5CCOCC5)cc4)[nH]c23)cc1. The van der Waals surface area contributed by atoms with Gasteiger partial charge >= 0.3 is 0 Å². The van der Waals surface area contributed by atoms with Crippen LogP contribution in [0.2, 0.25) is 0 Å². The molecular weight excluding hydrogens is 392 g/mol. The minimum atomic E-state index is 0.0305. The molecule has 7 heteroatoms. The zero-order valence-corrected chi connectivity index (χ0v) is 17.2. The number of hydrogen-bond donors (Lipinski definition) is 1. The van der Waals surface area contributed by atoms with E-state index in [0.29, 0.717) is 43.3 Å². The lowest BCUT2D eigenvalue weighted by Gasteiger charge is -2.26. The first kappa shape index (κ1) is 19.3. The zero-order chi connectivity index (χ0) is 21.2. The number of aromatic amines is 1. The minimum Gasteiger partial charge on any atom is -0.497 e. The maximum Gasteiger partial charge on any atom is 0.254 e. The van der Waals surface area contributed by atoms with Crippen LogP contribution in [-0.4, -0.2) is 59.2 Å². The predicted molar refractivity (Wildman–Crippen MR) is 118 cm³/mol. The number of carbonyl (C=O) groups excluding carboxylic acids is 1. The Bertz CT molecular complexity index is 1210. The van der Waals surface area contributed by atoms with E-state index in [9.17, 15) is 4.79 Å². The summed E-state index contributed by atoms with van der Waals surface area (Å²) in [5.74, 6) is 1.56. The van der Waals surface area contributed by atoms with E-state index >= 15 is 0 Å². The third kappa shape index (κ3) is 3.75. The molecule has 0 atom stereocenters. The number of pyridine rings is 1. The molecule has 4 aromatic rings. The summed E-state index contributed by atoms with van der Waals surface area (Å²) < 4.78 is 10.6. The fraction of sp³-hybridized carbons (Fsp3) is 0.208. The van der Waals surface area contributed by atoms with Gasteiger partial charge in [0.1, 0.15) is 11.6 Å². The fourth-order valence-electron chi connectivity index (χ4n) is 3.78. The van der Waals surface area contributed by atoms with Gasteiger partial charge in [0, 0.05) is 36.0 Å². The maximum atomic E-state index is 12.7. The number of morpholine rings is 1. The van der Waals surface area contributed by atoms with E-state index in [-0.39, 0.29) is 5.91 Å². The van der Waals surface area contributed by atoms with Crippen molar-refractivity contribution in [2.45, 2.75) is 0 Å². The van der Waals surface area contributed by atoms with Crippen LogP contribution >= 0.6 is 0 Å². The van der Waals surface area contributed by atoms with E-state index in [1.54, 1.807) is 13.3 Å². The molecule has 0 bridgehead atoms. The summed E-state index contributed by atoms with van der Waals surface area (Å²) in [5, 5.41) is 0. The number of hydrogen-bond acceptors (Lipinski definition) is 5. The summed E-state index contributed by atoms with van der Waals surface area (Å²) in [6, 6.07) is 17.4. The number of amides is 1. The van der Waals surface area contributed by atoms with Crippen molar-refractivity contribution in [2.24, 2.45) is 0 Å². The number of imidazole rings is 1. The lowest BCUT2D eigenvalue weighted by Crippen LogP contribution is -2.40. The Kier molecular flexibility index (Phi) is 5.09. The van der Waals surface area contributed by atoms with Crippen molar-refractivity contribution < 1.29 is 14.3 Å². The van der Waals surface area contributed by atoms with Gasteiger partial charge in [-0.1, -0.05) is 24.3 Å². The summed E-state index contributed by atoms with van der Waals surface area (Å²) in [6.45, 7) is 2.44. The van der Waals surface area contributed by atoms with Gasteiger partial charge in [-0.25, -0.2) is 9.97 Å². The van der Waals surface area contributed by atoms with Crippen LogP contribution in [0.1, 0.15) is 10.4 Å². The molecule has 2 aromatic carbocycles. The molecule has 2 aromatic heterocycles. The number of benzene rings is 2. The maximum absolute atomic E-state index is 12.7. The molecule has 3 heterocycles. The second-order valence-corrected chi connectivity index (χ2v) is 7.35. The first-order valence-electron chi connectivity index (χ1n) is 10.2. The molecule has 7 nitrogen and oxygen atoms in total. The Morgan fingerprint density at radius 2 is 1.71 bits per heavy atom. The number of nitrogens with one attached hydrogen (secondary N) is 1. The summed E-state index contributed by atoms with van der Waals surface area (Å²) in [7, 11) is 1.65. The first-order chi connectivity index (χ1) is 15.2. The van der Waals surface area contributed by atoms with E-state index in [4.69, 9.17) is 9.47 Å². The Balaban J connectivity index is 1.44. The Labute approximate surface area is 179 Å². The normalized spacial score (nSPS) is 14.0. The van der Waals surface area contributed by atoms with Crippen LogP contribution < -0.4 is 4.74 Å². The Morgan fingerprint density at radius 1 is 1.00 bits per heavy atom. The molecule has 1 N–H and O–H groups in total. The van der Waals surface area contributed by atoms with E-state index in [0.717, 1.165) is 28.0 Å². The standard InChI is InChI=1S/C24H22N4O3/c1-30-19-8-6-16(7-9-19)20-10-11-25-23-21(20)26-22(27-23)17-2-4-18(5-3-17)24(29)28-12-14-31-15-13-28/h2-11H,12-15H2,1H3,(H,25,26,27). The predicted octanol–water partition coefficient (Wildman–Crippen LogP) is 3.77. The monoisotopic (exact) mass is 414 g/mol. The van der Waals surface area contributed by atoms with Crippen molar-refractivity contribution >= 4 is 17.1 Å². The van der Waals surface area contributed by atoms with Gasteiger partial charge in [0.25, 0.3) is 5.91 Å². The van der Waals surface area contributed by atoms with Crippen molar-refractivity contribution in [1.29, 1.82) is 0 Å². The minimum absolute atomic E-state index is 0.0305. The molecule has 5 rings (SSSR count). The molecule has 31 heavy (non-hydrogen) atoms. The summed E-state index contributed by atoms with van der Waals surface area (Å²) in [6.07, 6.45) is 1.76. The lowest BCUT2D eigenvalue weighted by atomic mass is 10.1. The lowest BCUT2D eigenvalue weighted by molar-refractivity contribution is 0.0303. The number of H-pyrrole nitrogens is 1. The molecular formula is C24H22N4O3. The molecule has 0 aliphatic carbocycles. The molecule has 1 fully saturated rings. The van der Waals surface area contributed by atoms with Gasteiger partial charge in [-0.15, -0.1) is 0 Å². The van der Waals surface area contributed by atoms with Crippen LogP contribution in [0.3, 0.4) is 0 Å². The first-order valence-corrected chi connectivity index (χ1v) is 10.2. The van der Waals surface area contributed by atoms with Gasteiger partial charge < -0.3 is 19.4 Å². The molecule has 0 unspecified atom stereocenters. The van der Waals surface area contributed by atoms with Gasteiger partial charge in [-0.05, 0) is 35.9 Å². The molecule has 0 saturated carbocycles. The van der Waals surface area contributed by atoms with Crippen LogP contribution in [0.15, 0.2) is 60.8 Å². The van der Waals surface area contributed by atoms with E-state index < -0.39 is 0 Å². The highest BCUT2D eigenvalue weighted by Crippen LogP contribution is 2.29. The third-order valence-electron chi connectivity index (χ3n) is 5.50. The summed E-state index contributed by atoms with van der Waals surface area (Å²) >= 11 is 0. The summed E-state index contributed by atoms with van der Waals surface area (Å²) in [5.41, 5.74) is 5.16. The van der Waals surface area contributed by atoms with Crippen LogP contribution in [-0.2, 0) is 4.74 Å². The van der Waals surface area contributed by atoms with Crippen LogP contribution in [0, 0.1) is 0 Å². The highest BCUT2D eigenvalue weighted by atomic mass is 16.5. The molecule has 0 radical (unpaired) electrons. The van der Waals surface area contributed by atoms with Gasteiger partial charge in [-0.3, -0.25) is 4.79 Å². The average Bonchev–Trinajstić information content (AvgIpc) is 3.29. The smallest absolute Gasteiger partial charge is 0.254 e. The highest BCUT2D eigenvalue weighted by molar-refractivity contribution is 5.95. The summed E-state index contributed by atoms with van der Waals surface area (Å²) in [4.78, 5) is 27.0. The van der Waals surface area contributed by atoms with E-state index in [2.05, 4.69) is 15.0 Å². The van der Waals surface area contributed by atoms with Crippen LogP contribution in [0.5, 0.6) is 5.75 Å². The van der Waals surface area contributed by atoms with Crippen molar-refractivity contribution in [3.8, 4) is 28.3 Å². The molecule has 0 spiro atoms. The van der Waals surface area contributed by atoms with Crippen molar-refractivity contribution in [3.63, 3.8) is 0 Å². The number of nitrogens with zero attached hydrogens (tertiary/aromatic N) is 3. The van der Waals surface area contributed by atoms with Gasteiger partial charge in [0.15, 0.2) is 5.65 Å². The Morgan fingerprint density at radius 3 is 2.42 bits per heavy atom. The number of methoxy groups -OCH3 is 1. The molecule has 1 aliphatic heterocycles. The molecule has 1 amide bonds. The molecule has 1 saturated heterocycles. The topological polar surface area (TPSA) is 80.3 Å². The van der Waals surface area contributed by atoms with Gasteiger partial charge in [-0.2, -0.15) is 0 Å². The molecule has 156 valence electrons. The number of aromatic nitrogens is 3. The van der Waals surface area contributed by atoms with Crippen LogP contribution in [0.25, 0.3) is 33.7 Å². The quantitative estimate of drug-likeness (QED) is 0.550. The van der Waals surface area contributed by atoms with Gasteiger partial charge in [0.2, 0.25) is 0 Å².